The van der Waals surface area contributed by atoms with Crippen molar-refractivity contribution in [3.05, 3.63) is 29.8 Å². The molecule has 0 aromatic heterocycles. The van der Waals surface area contributed by atoms with E-state index in [4.69, 9.17) is 0 Å². The number of hydrogen-bond acceptors (Lipinski definition) is 3. The van der Waals surface area contributed by atoms with Gasteiger partial charge in [0.05, 0.1) is 4.90 Å². The molecule has 17 heavy (non-hydrogen) atoms. The smallest absolute Gasteiger partial charge is 0.175 e. The van der Waals surface area contributed by atoms with Gasteiger partial charge in [0.1, 0.15) is 0 Å². The third-order valence-corrected chi connectivity index (χ3v) is 3.55. The fourth-order valence-corrected chi connectivity index (χ4v) is 2.12. The van der Waals surface area contributed by atoms with Gasteiger partial charge in [0, 0.05) is 11.8 Å². The molecule has 0 aliphatic rings. The highest BCUT2D eigenvalue weighted by atomic mass is 32.2. The second-order valence-corrected chi connectivity index (χ2v) is 7.36. The number of rotatable bonds is 4. The van der Waals surface area contributed by atoms with Gasteiger partial charge in [-0.2, -0.15) is 0 Å². The Morgan fingerprint density at radius 3 is 2.06 bits per heavy atom. The molecule has 4 heteroatoms. The molecule has 1 rings (SSSR count). The average molecular weight is 255 g/mol. The fraction of sp³-hybridized carbons (Fsp3) is 0.538. The standard InChI is InChI=1S/C13H21NO2S/c1-13(2,3)14-10-9-11-5-7-12(8-6-11)17(4,15)16/h5-8,14H,9-10H2,1-4H3. The first-order valence-corrected chi connectivity index (χ1v) is 7.62. The highest BCUT2D eigenvalue weighted by Gasteiger charge is 2.08. The molecular weight excluding hydrogens is 234 g/mol. The molecule has 0 unspecified atom stereocenters. The monoisotopic (exact) mass is 255 g/mol. The summed E-state index contributed by atoms with van der Waals surface area (Å²) in [4.78, 5) is 0.380. The predicted molar refractivity (Wildman–Crippen MR) is 71.0 cm³/mol. The molecule has 0 fully saturated rings. The molecule has 0 atom stereocenters. The van der Waals surface area contributed by atoms with Crippen molar-refractivity contribution in [2.24, 2.45) is 0 Å². The summed E-state index contributed by atoms with van der Waals surface area (Å²) in [5, 5.41) is 3.40. The van der Waals surface area contributed by atoms with Gasteiger partial charge in [-0.25, -0.2) is 8.42 Å². The lowest BCUT2D eigenvalue weighted by atomic mass is 10.1. The quantitative estimate of drug-likeness (QED) is 0.895. The maximum absolute atomic E-state index is 11.3. The van der Waals surface area contributed by atoms with Crippen LogP contribution in [0.15, 0.2) is 29.2 Å². The summed E-state index contributed by atoms with van der Waals surface area (Å²) in [6.45, 7) is 7.26. The third-order valence-electron chi connectivity index (χ3n) is 2.42. The molecule has 0 amide bonds. The first kappa shape index (κ1) is 14.2. The molecule has 0 saturated heterocycles. The van der Waals surface area contributed by atoms with Crippen LogP contribution < -0.4 is 5.32 Å². The van der Waals surface area contributed by atoms with Gasteiger partial charge in [0.2, 0.25) is 0 Å². The molecule has 0 radical (unpaired) electrons. The van der Waals surface area contributed by atoms with E-state index in [-0.39, 0.29) is 5.54 Å². The van der Waals surface area contributed by atoms with Crippen molar-refractivity contribution in [2.75, 3.05) is 12.8 Å². The molecule has 0 saturated carbocycles. The van der Waals surface area contributed by atoms with Crippen molar-refractivity contribution in [2.45, 2.75) is 37.6 Å². The van der Waals surface area contributed by atoms with Crippen LogP contribution in [0.1, 0.15) is 26.3 Å². The maximum Gasteiger partial charge on any atom is 0.175 e. The van der Waals surface area contributed by atoms with Crippen molar-refractivity contribution in [3.63, 3.8) is 0 Å². The van der Waals surface area contributed by atoms with E-state index >= 15 is 0 Å². The Kier molecular flexibility index (Phi) is 4.33. The minimum absolute atomic E-state index is 0.118. The zero-order valence-corrected chi connectivity index (χ0v) is 11.8. The van der Waals surface area contributed by atoms with Crippen LogP contribution in [0.3, 0.4) is 0 Å². The van der Waals surface area contributed by atoms with Gasteiger partial charge in [-0.3, -0.25) is 0 Å². The van der Waals surface area contributed by atoms with E-state index in [1.807, 2.05) is 12.1 Å². The van der Waals surface area contributed by atoms with E-state index < -0.39 is 9.84 Å². The number of benzene rings is 1. The molecule has 1 N–H and O–H groups in total. The minimum Gasteiger partial charge on any atom is -0.312 e. The Bertz CT molecular complexity index is 455. The van der Waals surface area contributed by atoms with E-state index in [0.717, 1.165) is 18.5 Å². The highest BCUT2D eigenvalue weighted by molar-refractivity contribution is 7.90. The summed E-state index contributed by atoms with van der Waals surface area (Å²) in [5.41, 5.74) is 1.27. The van der Waals surface area contributed by atoms with Crippen LogP contribution in [0, 0.1) is 0 Å². The van der Waals surface area contributed by atoms with Gasteiger partial charge in [-0.1, -0.05) is 12.1 Å². The predicted octanol–water partition coefficient (Wildman–Crippen LogP) is 2.02. The minimum atomic E-state index is -3.08. The Balaban J connectivity index is 2.58. The zero-order chi connectivity index (χ0) is 13.1. The van der Waals surface area contributed by atoms with E-state index in [1.54, 1.807) is 12.1 Å². The summed E-state index contributed by atoms with van der Waals surface area (Å²) < 4.78 is 22.6. The Morgan fingerprint density at radius 1 is 1.12 bits per heavy atom. The molecule has 1 aromatic rings. The van der Waals surface area contributed by atoms with Gasteiger partial charge >= 0.3 is 0 Å². The number of sulfone groups is 1. The molecule has 3 nitrogen and oxygen atoms in total. The van der Waals surface area contributed by atoms with Crippen LogP contribution in [0.5, 0.6) is 0 Å². The lowest BCUT2D eigenvalue weighted by Crippen LogP contribution is -2.37. The first-order valence-electron chi connectivity index (χ1n) is 5.72. The zero-order valence-electron chi connectivity index (χ0n) is 10.9. The van der Waals surface area contributed by atoms with Crippen LogP contribution >= 0.6 is 0 Å². The topological polar surface area (TPSA) is 46.2 Å². The van der Waals surface area contributed by atoms with Crippen LogP contribution in [0.25, 0.3) is 0 Å². The van der Waals surface area contributed by atoms with E-state index in [1.165, 1.54) is 6.26 Å². The number of hydrogen-bond donors (Lipinski definition) is 1. The van der Waals surface area contributed by atoms with Crippen LogP contribution in [0.4, 0.5) is 0 Å². The summed E-state index contributed by atoms with van der Waals surface area (Å²) in [6, 6.07) is 7.09. The molecule has 0 bridgehead atoms. The highest BCUT2D eigenvalue weighted by Crippen LogP contribution is 2.10. The molecular formula is C13H21NO2S. The maximum atomic E-state index is 11.3. The van der Waals surface area contributed by atoms with Crippen LogP contribution in [-0.2, 0) is 16.3 Å². The summed E-state index contributed by atoms with van der Waals surface area (Å²) in [7, 11) is -3.08. The Labute approximate surface area is 104 Å². The SMILES string of the molecule is CC(C)(C)NCCc1ccc(S(C)(=O)=O)cc1. The van der Waals surface area contributed by atoms with E-state index in [0.29, 0.717) is 4.90 Å². The van der Waals surface area contributed by atoms with Gasteiger partial charge in [-0.05, 0) is 51.4 Å². The van der Waals surface area contributed by atoms with Crippen LogP contribution in [-0.4, -0.2) is 26.8 Å². The molecule has 1 aromatic carbocycles. The summed E-state index contributed by atoms with van der Waals surface area (Å²) in [5.74, 6) is 0. The van der Waals surface area contributed by atoms with Crippen molar-refractivity contribution < 1.29 is 8.42 Å². The summed E-state index contributed by atoms with van der Waals surface area (Å²) >= 11 is 0. The molecule has 0 aliphatic carbocycles. The Hall–Kier alpha value is -0.870. The van der Waals surface area contributed by atoms with Gasteiger partial charge < -0.3 is 5.32 Å². The second kappa shape index (κ2) is 5.19. The van der Waals surface area contributed by atoms with Crippen LogP contribution in [0.2, 0.25) is 0 Å². The van der Waals surface area contributed by atoms with Crippen molar-refractivity contribution in [1.29, 1.82) is 0 Å². The third kappa shape index (κ3) is 5.33. The second-order valence-electron chi connectivity index (χ2n) is 5.34. The Morgan fingerprint density at radius 2 is 1.65 bits per heavy atom. The van der Waals surface area contributed by atoms with Crippen molar-refractivity contribution in [1.82, 2.24) is 5.32 Å². The lowest BCUT2D eigenvalue weighted by molar-refractivity contribution is 0.429. The fourth-order valence-electron chi connectivity index (χ4n) is 1.49. The largest absolute Gasteiger partial charge is 0.312 e. The number of nitrogens with one attached hydrogen (secondary N) is 1. The lowest BCUT2D eigenvalue weighted by Gasteiger charge is -2.20. The molecule has 0 aliphatic heterocycles. The van der Waals surface area contributed by atoms with E-state index in [9.17, 15) is 8.42 Å². The van der Waals surface area contributed by atoms with Gasteiger partial charge in [-0.15, -0.1) is 0 Å². The summed E-state index contributed by atoms with van der Waals surface area (Å²) in [6.07, 6.45) is 2.13. The first-order chi connectivity index (χ1) is 7.68. The van der Waals surface area contributed by atoms with Crippen molar-refractivity contribution >= 4 is 9.84 Å². The normalized spacial score (nSPS) is 12.7. The van der Waals surface area contributed by atoms with Gasteiger partial charge in [0.15, 0.2) is 9.84 Å². The van der Waals surface area contributed by atoms with Crippen molar-refractivity contribution in [3.8, 4) is 0 Å². The van der Waals surface area contributed by atoms with Gasteiger partial charge in [0.25, 0.3) is 0 Å². The van der Waals surface area contributed by atoms with E-state index in [2.05, 4.69) is 26.1 Å². The molecule has 0 heterocycles. The average Bonchev–Trinajstić information content (AvgIpc) is 2.15. The molecule has 96 valence electrons. The molecule has 0 spiro atoms.